The van der Waals surface area contributed by atoms with Crippen LogP contribution < -0.4 is 0 Å². The Labute approximate surface area is 163 Å². The maximum atomic E-state index is 14.1. The van der Waals surface area contributed by atoms with Crippen LogP contribution in [-0.2, 0) is 9.53 Å². The molecule has 0 aromatic heterocycles. The number of nitrogens with zero attached hydrogens (tertiary/aromatic N) is 3. The summed E-state index contributed by atoms with van der Waals surface area (Å²) in [5, 5.41) is 13.1. The summed E-state index contributed by atoms with van der Waals surface area (Å²) in [4.78, 5) is 14.1. The normalized spacial score (nSPS) is 14.2. The Balaban J connectivity index is 3.78. The fraction of sp³-hybridized carbons (Fsp3) is 0.950. The van der Waals surface area contributed by atoms with Crippen molar-refractivity contribution in [1.82, 2.24) is 0 Å². The summed E-state index contributed by atoms with van der Waals surface area (Å²) >= 11 is 0. The third kappa shape index (κ3) is 13.5. The van der Waals surface area contributed by atoms with Crippen LogP contribution in [0.5, 0.6) is 0 Å². The van der Waals surface area contributed by atoms with Crippen LogP contribution in [0, 0.1) is 0 Å². The van der Waals surface area contributed by atoms with Gasteiger partial charge in [-0.1, -0.05) is 89.1 Å². The van der Waals surface area contributed by atoms with Crippen LogP contribution in [0.2, 0.25) is 0 Å². The second kappa shape index (κ2) is 18.1. The van der Waals surface area contributed by atoms with Gasteiger partial charge in [-0.2, -0.15) is 0 Å². The number of esters is 1. The lowest BCUT2D eigenvalue weighted by atomic mass is 10.0. The maximum absolute atomic E-state index is 14.1. The smallest absolute Gasteiger partial charge is 0.317 e. The van der Waals surface area contributed by atoms with E-state index in [1.165, 1.54) is 51.4 Å². The number of aliphatic hydroxyl groups excluding tert-OH is 1. The Morgan fingerprint density at radius 2 is 1.48 bits per heavy atom. The first-order valence-electron chi connectivity index (χ1n) is 10.6. The molecule has 0 unspecified atom stereocenters. The predicted octanol–water partition coefficient (Wildman–Crippen LogP) is 6.02. The van der Waals surface area contributed by atoms with Gasteiger partial charge in [-0.3, -0.25) is 4.79 Å². The minimum absolute atomic E-state index is 0.0820. The van der Waals surface area contributed by atoms with Crippen LogP contribution in [0.1, 0.15) is 97.3 Å². The molecule has 158 valence electrons. The number of ether oxygens (including phenoxy) is 1. The molecule has 0 heterocycles. The molecule has 6 nitrogen and oxygen atoms in total. The number of hydrogen-bond acceptors (Lipinski definition) is 4. The van der Waals surface area contributed by atoms with E-state index in [0.717, 1.165) is 19.3 Å². The number of alkyl halides is 1. The molecule has 0 aromatic rings. The lowest BCUT2D eigenvalue weighted by Gasteiger charge is -2.20. The van der Waals surface area contributed by atoms with Crippen LogP contribution in [-0.4, -0.2) is 36.0 Å². The molecule has 27 heavy (non-hydrogen) atoms. The molecule has 1 N–H and O–H groups in total. The van der Waals surface area contributed by atoms with Crippen molar-refractivity contribution in [3.05, 3.63) is 10.4 Å². The number of rotatable bonds is 18. The molecule has 0 rings (SSSR count). The predicted molar refractivity (Wildman–Crippen MR) is 106 cm³/mol. The van der Waals surface area contributed by atoms with Gasteiger partial charge in [0.25, 0.3) is 0 Å². The number of halogens is 1. The van der Waals surface area contributed by atoms with E-state index >= 15 is 0 Å². The van der Waals surface area contributed by atoms with Gasteiger partial charge in [0.2, 0.25) is 0 Å². The second-order valence-electron chi connectivity index (χ2n) is 7.09. The van der Waals surface area contributed by atoms with Crippen LogP contribution in [0.4, 0.5) is 4.39 Å². The maximum Gasteiger partial charge on any atom is 0.317 e. The lowest BCUT2D eigenvalue weighted by molar-refractivity contribution is -0.148. The molecule has 0 saturated carbocycles. The standard InChI is InChI=1S/C20H38FN3O3/c1-3-5-6-7-8-9-10-11-12-13-14-15-16-17(21)19(25)18(23-24-22)20(26)27-4-2/h17-19,25H,3-16H2,1-2H3/t17-,18+,19+/m1/s1. The molecular weight excluding hydrogens is 349 g/mol. The van der Waals surface area contributed by atoms with Crippen molar-refractivity contribution in [2.45, 2.75) is 116 Å². The van der Waals surface area contributed by atoms with Gasteiger partial charge in [0.15, 0.2) is 6.04 Å². The van der Waals surface area contributed by atoms with Crippen LogP contribution in [0.25, 0.3) is 10.4 Å². The summed E-state index contributed by atoms with van der Waals surface area (Å²) in [5.74, 6) is -0.889. The largest absolute Gasteiger partial charge is 0.466 e. The molecule has 0 spiro atoms. The van der Waals surface area contributed by atoms with Gasteiger partial charge >= 0.3 is 5.97 Å². The van der Waals surface area contributed by atoms with Gasteiger partial charge in [0.1, 0.15) is 12.3 Å². The lowest BCUT2D eigenvalue weighted by Crippen LogP contribution is -2.40. The van der Waals surface area contributed by atoms with E-state index < -0.39 is 24.3 Å². The van der Waals surface area contributed by atoms with E-state index in [1.54, 1.807) is 6.92 Å². The van der Waals surface area contributed by atoms with E-state index in [-0.39, 0.29) is 13.0 Å². The molecule has 0 fully saturated rings. The molecule has 0 amide bonds. The van der Waals surface area contributed by atoms with Crippen molar-refractivity contribution in [3.8, 4) is 0 Å². The summed E-state index contributed by atoms with van der Waals surface area (Å²) in [6.45, 7) is 3.90. The third-order valence-electron chi connectivity index (χ3n) is 4.73. The Kier molecular flexibility index (Phi) is 17.2. The topological polar surface area (TPSA) is 95.3 Å². The summed E-state index contributed by atoms with van der Waals surface area (Å²) in [6, 6.07) is -1.53. The summed E-state index contributed by atoms with van der Waals surface area (Å²) in [6.07, 6.45) is 11.1. The fourth-order valence-corrected chi connectivity index (χ4v) is 3.09. The molecule has 0 aliphatic carbocycles. The Morgan fingerprint density at radius 3 is 1.93 bits per heavy atom. The Morgan fingerprint density at radius 1 is 1.00 bits per heavy atom. The number of hydrogen-bond donors (Lipinski definition) is 1. The van der Waals surface area contributed by atoms with Crippen LogP contribution in [0.15, 0.2) is 5.11 Å². The zero-order valence-corrected chi connectivity index (χ0v) is 17.1. The molecule has 3 atom stereocenters. The van der Waals surface area contributed by atoms with Gasteiger partial charge < -0.3 is 9.84 Å². The van der Waals surface area contributed by atoms with Gasteiger partial charge in [0, 0.05) is 4.91 Å². The molecule has 0 saturated heterocycles. The third-order valence-corrected chi connectivity index (χ3v) is 4.73. The van der Waals surface area contributed by atoms with E-state index in [9.17, 15) is 14.3 Å². The highest BCUT2D eigenvalue weighted by Crippen LogP contribution is 2.18. The average molecular weight is 388 g/mol. The van der Waals surface area contributed by atoms with Gasteiger partial charge in [-0.25, -0.2) is 4.39 Å². The molecule has 0 aliphatic heterocycles. The minimum atomic E-state index is -1.66. The highest BCUT2D eigenvalue weighted by molar-refractivity contribution is 5.76. The first-order valence-corrected chi connectivity index (χ1v) is 10.6. The van der Waals surface area contributed by atoms with E-state index in [2.05, 4.69) is 16.9 Å². The number of azide groups is 1. The van der Waals surface area contributed by atoms with Crippen molar-refractivity contribution >= 4 is 5.97 Å². The monoisotopic (exact) mass is 387 g/mol. The zero-order valence-electron chi connectivity index (χ0n) is 17.1. The van der Waals surface area contributed by atoms with E-state index in [4.69, 9.17) is 10.3 Å². The summed E-state index contributed by atoms with van der Waals surface area (Å²) < 4.78 is 18.8. The first kappa shape index (κ1) is 25.7. The van der Waals surface area contributed by atoms with Crippen molar-refractivity contribution in [1.29, 1.82) is 0 Å². The van der Waals surface area contributed by atoms with E-state index in [0.29, 0.717) is 6.42 Å². The summed E-state index contributed by atoms with van der Waals surface area (Å²) in [5.41, 5.74) is 8.49. The Hall–Kier alpha value is -1.33. The quantitative estimate of drug-likeness (QED) is 0.102. The van der Waals surface area contributed by atoms with Crippen LogP contribution in [0.3, 0.4) is 0 Å². The number of carbonyl (C=O) groups is 1. The van der Waals surface area contributed by atoms with Gasteiger partial charge in [-0.05, 0) is 18.9 Å². The van der Waals surface area contributed by atoms with Crippen molar-refractivity contribution < 1.29 is 19.0 Å². The molecule has 0 aliphatic rings. The van der Waals surface area contributed by atoms with E-state index in [1.807, 2.05) is 0 Å². The highest BCUT2D eigenvalue weighted by atomic mass is 19.1. The van der Waals surface area contributed by atoms with Crippen molar-refractivity contribution in [2.75, 3.05) is 6.61 Å². The molecule has 0 bridgehead atoms. The summed E-state index contributed by atoms with van der Waals surface area (Å²) in [7, 11) is 0. The fourth-order valence-electron chi connectivity index (χ4n) is 3.09. The first-order chi connectivity index (χ1) is 13.1. The van der Waals surface area contributed by atoms with Crippen LogP contribution >= 0.6 is 0 Å². The van der Waals surface area contributed by atoms with Gasteiger partial charge in [-0.15, -0.1) is 0 Å². The number of unbranched alkanes of at least 4 members (excludes halogenated alkanes) is 11. The molecular formula is C20H38FN3O3. The molecule has 0 radical (unpaired) electrons. The van der Waals surface area contributed by atoms with Crippen molar-refractivity contribution in [2.24, 2.45) is 5.11 Å². The number of aliphatic hydroxyl groups is 1. The number of carbonyl (C=O) groups excluding carboxylic acids is 1. The molecule has 7 heteroatoms. The molecule has 0 aromatic carbocycles. The SMILES string of the molecule is CCCCCCCCCCCCCC[C@@H](F)[C@H](O)[C@H](N=[N+]=[N-])C(=O)OCC. The average Bonchev–Trinajstić information content (AvgIpc) is 2.66. The van der Waals surface area contributed by atoms with Crippen molar-refractivity contribution in [3.63, 3.8) is 0 Å². The minimum Gasteiger partial charge on any atom is -0.466 e. The van der Waals surface area contributed by atoms with Gasteiger partial charge in [0.05, 0.1) is 6.61 Å². The second-order valence-corrected chi connectivity index (χ2v) is 7.09. The Bertz CT molecular complexity index is 417. The zero-order chi connectivity index (χ0) is 20.3. The highest BCUT2D eigenvalue weighted by Gasteiger charge is 2.33.